The maximum Gasteiger partial charge on any atom is 0.407 e. The zero-order chi connectivity index (χ0) is 22.2. The Bertz CT molecular complexity index is 1310. The van der Waals surface area contributed by atoms with Gasteiger partial charge in [-0.3, -0.25) is 4.40 Å². The molecular weight excluding hydrogens is 420 g/mol. The molecule has 0 bridgehead atoms. The second-order valence-corrected chi connectivity index (χ2v) is 7.64. The Morgan fingerprint density at radius 2 is 1.97 bits per heavy atom. The minimum atomic E-state index is -1.39. The van der Waals surface area contributed by atoms with Crippen LogP contribution in [0.4, 0.5) is 13.6 Å². The minimum Gasteiger partial charge on any atom is -0.485 e. The molecule has 1 amide bonds. The summed E-state index contributed by atoms with van der Waals surface area (Å²) in [5, 5.41) is 18.0. The molecule has 0 aliphatic carbocycles. The number of likely N-dealkylation sites (tertiary alicyclic amines) is 1. The minimum absolute atomic E-state index is 0.00856. The molecule has 1 N–H and O–H groups in total. The third-order valence-corrected chi connectivity index (χ3v) is 5.58. The molecule has 3 aromatic heterocycles. The van der Waals surface area contributed by atoms with Crippen LogP contribution in [-0.2, 0) is 0 Å². The molecule has 0 radical (unpaired) electrons. The number of halogens is 2. The van der Waals surface area contributed by atoms with E-state index in [2.05, 4.69) is 15.2 Å². The van der Waals surface area contributed by atoms with Crippen molar-refractivity contribution in [2.24, 2.45) is 0 Å². The highest BCUT2D eigenvalue weighted by Gasteiger charge is 2.30. The second-order valence-electron chi connectivity index (χ2n) is 7.64. The highest BCUT2D eigenvalue weighted by Crippen LogP contribution is 2.31. The molecule has 0 saturated carbocycles. The maximum absolute atomic E-state index is 14.7. The number of amides is 1. The second kappa shape index (κ2) is 8.03. The third kappa shape index (κ3) is 3.68. The van der Waals surface area contributed by atoms with Crippen LogP contribution in [0.25, 0.3) is 28.1 Å². The van der Waals surface area contributed by atoms with Crippen molar-refractivity contribution in [3.8, 4) is 17.3 Å². The number of benzene rings is 1. The summed E-state index contributed by atoms with van der Waals surface area (Å²) in [6.07, 6.45) is -1.42. The van der Waals surface area contributed by atoms with Gasteiger partial charge in [-0.1, -0.05) is 12.1 Å². The number of rotatable bonds is 3. The first kappa shape index (κ1) is 20.1. The van der Waals surface area contributed by atoms with Gasteiger partial charge in [0.1, 0.15) is 35.1 Å². The zero-order valence-corrected chi connectivity index (χ0v) is 16.9. The van der Waals surface area contributed by atoms with Gasteiger partial charge >= 0.3 is 6.09 Å². The fourth-order valence-corrected chi connectivity index (χ4v) is 3.93. The van der Waals surface area contributed by atoms with Crippen LogP contribution in [0.3, 0.4) is 0 Å². The first-order valence-corrected chi connectivity index (χ1v) is 10.2. The van der Waals surface area contributed by atoms with Crippen molar-refractivity contribution >= 4 is 22.6 Å². The first-order valence-electron chi connectivity index (χ1n) is 10.2. The molecule has 1 aliphatic rings. The van der Waals surface area contributed by atoms with Gasteiger partial charge in [0.2, 0.25) is 0 Å². The fourth-order valence-electron chi connectivity index (χ4n) is 3.93. The van der Waals surface area contributed by atoms with E-state index in [1.54, 1.807) is 16.5 Å². The van der Waals surface area contributed by atoms with Crippen LogP contribution in [0, 0.1) is 5.82 Å². The van der Waals surface area contributed by atoms with E-state index in [1.165, 1.54) is 12.1 Å². The van der Waals surface area contributed by atoms with Gasteiger partial charge in [0, 0.05) is 37.2 Å². The summed E-state index contributed by atoms with van der Waals surface area (Å²) in [7, 11) is 0. The van der Waals surface area contributed by atoms with Gasteiger partial charge in [-0.05, 0) is 30.7 Å². The summed E-state index contributed by atoms with van der Waals surface area (Å²) in [5.74, 6) is 0.0750. The summed E-state index contributed by atoms with van der Waals surface area (Å²) in [5.41, 5.74) is 1.52. The van der Waals surface area contributed by atoms with E-state index >= 15 is 0 Å². The smallest absolute Gasteiger partial charge is 0.407 e. The number of pyridine rings is 2. The largest absolute Gasteiger partial charge is 0.485 e. The van der Waals surface area contributed by atoms with Gasteiger partial charge in [0.15, 0.2) is 11.5 Å². The van der Waals surface area contributed by atoms with Crippen molar-refractivity contribution in [2.75, 3.05) is 13.1 Å². The number of carboxylic acid groups (broad SMARTS) is 1. The number of hydrogen-bond acceptors (Lipinski definition) is 5. The number of ether oxygens (including phenoxy) is 1. The normalized spacial score (nSPS) is 19.2. The number of carbonyl (C=O) groups is 1. The van der Waals surface area contributed by atoms with Crippen LogP contribution in [0.15, 0.2) is 48.7 Å². The van der Waals surface area contributed by atoms with Gasteiger partial charge in [-0.15, -0.1) is 10.2 Å². The van der Waals surface area contributed by atoms with Gasteiger partial charge in [-0.2, -0.15) is 0 Å². The average Bonchev–Trinajstić information content (AvgIpc) is 3.12. The highest BCUT2D eigenvalue weighted by atomic mass is 19.1. The summed E-state index contributed by atoms with van der Waals surface area (Å²) in [4.78, 5) is 17.0. The summed E-state index contributed by atoms with van der Waals surface area (Å²) < 4.78 is 36.7. The monoisotopic (exact) mass is 439 g/mol. The Morgan fingerprint density at radius 1 is 1.12 bits per heavy atom. The van der Waals surface area contributed by atoms with E-state index in [0.717, 1.165) is 4.90 Å². The van der Waals surface area contributed by atoms with Crippen LogP contribution >= 0.6 is 0 Å². The molecule has 4 aromatic rings. The highest BCUT2D eigenvalue weighted by molar-refractivity contribution is 5.86. The molecule has 32 heavy (non-hydrogen) atoms. The van der Waals surface area contributed by atoms with E-state index in [0.29, 0.717) is 28.1 Å². The first-order chi connectivity index (χ1) is 15.5. The van der Waals surface area contributed by atoms with Gasteiger partial charge < -0.3 is 14.7 Å². The molecular formula is C22H19F2N5O3. The van der Waals surface area contributed by atoms with E-state index < -0.39 is 24.2 Å². The standard InChI is InChI=1S/C22H19F2N5O3/c23-14-11-13-4-5-16(21-27-26-19-3-1-2-8-29(19)21)25-20(13)18(12-14)32-17-7-10-28(22(30)31)9-6-15(17)24/h1-5,8,11-12,15,17H,6-7,9-10H2,(H,30,31). The van der Waals surface area contributed by atoms with Crippen molar-refractivity contribution in [1.82, 2.24) is 24.5 Å². The van der Waals surface area contributed by atoms with E-state index in [4.69, 9.17) is 4.74 Å². The van der Waals surface area contributed by atoms with Crippen molar-refractivity contribution in [3.63, 3.8) is 0 Å². The molecule has 164 valence electrons. The van der Waals surface area contributed by atoms with Crippen LogP contribution < -0.4 is 4.74 Å². The van der Waals surface area contributed by atoms with Gasteiger partial charge in [-0.25, -0.2) is 18.6 Å². The van der Waals surface area contributed by atoms with E-state index in [-0.39, 0.29) is 31.7 Å². The van der Waals surface area contributed by atoms with Crippen LogP contribution in [0.2, 0.25) is 0 Å². The quantitative estimate of drug-likeness (QED) is 0.520. The zero-order valence-electron chi connectivity index (χ0n) is 16.9. The molecule has 2 unspecified atom stereocenters. The van der Waals surface area contributed by atoms with Gasteiger partial charge in [0.05, 0.1) is 0 Å². The summed E-state index contributed by atoms with van der Waals surface area (Å²) in [6, 6.07) is 11.4. The fraction of sp³-hybridized carbons (Fsp3) is 0.273. The Hall–Kier alpha value is -3.82. The van der Waals surface area contributed by atoms with E-state index in [9.17, 15) is 18.7 Å². The molecule has 10 heteroatoms. The molecule has 1 fully saturated rings. The Balaban J connectivity index is 1.52. The Kier molecular flexibility index (Phi) is 5.04. The SMILES string of the molecule is O=C(O)N1CCC(F)C(Oc2cc(F)cc3ccc(-c4nnc5ccccn45)nc23)CC1. The lowest BCUT2D eigenvalue weighted by Crippen LogP contribution is -2.31. The molecule has 1 saturated heterocycles. The maximum atomic E-state index is 14.7. The lowest BCUT2D eigenvalue weighted by atomic mass is 10.1. The number of nitrogens with zero attached hydrogens (tertiary/aromatic N) is 5. The number of fused-ring (bicyclic) bond motifs is 2. The summed E-state index contributed by atoms with van der Waals surface area (Å²) >= 11 is 0. The summed E-state index contributed by atoms with van der Waals surface area (Å²) in [6.45, 7) is 0.223. The molecule has 4 heterocycles. The third-order valence-electron chi connectivity index (χ3n) is 5.58. The number of alkyl halides is 1. The molecule has 2 atom stereocenters. The molecule has 0 spiro atoms. The average molecular weight is 439 g/mol. The van der Waals surface area contributed by atoms with Crippen molar-refractivity contribution in [3.05, 3.63) is 54.5 Å². The predicted molar refractivity (Wildman–Crippen MR) is 112 cm³/mol. The lowest BCUT2D eigenvalue weighted by Gasteiger charge is -2.21. The van der Waals surface area contributed by atoms with E-state index in [1.807, 2.05) is 24.4 Å². The van der Waals surface area contributed by atoms with Crippen LogP contribution in [0.1, 0.15) is 12.8 Å². The predicted octanol–water partition coefficient (Wildman–Crippen LogP) is 3.94. The van der Waals surface area contributed by atoms with Crippen LogP contribution in [-0.4, -0.2) is 61.0 Å². The number of aromatic nitrogens is 4. The molecule has 5 rings (SSSR count). The van der Waals surface area contributed by atoms with Crippen LogP contribution in [0.5, 0.6) is 5.75 Å². The van der Waals surface area contributed by atoms with Gasteiger partial charge in [0.25, 0.3) is 0 Å². The Labute approximate surface area is 181 Å². The topological polar surface area (TPSA) is 92.8 Å². The molecule has 1 aliphatic heterocycles. The van der Waals surface area contributed by atoms with Crippen molar-refractivity contribution in [2.45, 2.75) is 25.1 Å². The number of hydrogen-bond donors (Lipinski definition) is 1. The van der Waals surface area contributed by atoms with Crippen molar-refractivity contribution in [1.29, 1.82) is 0 Å². The molecule has 8 nitrogen and oxygen atoms in total. The Morgan fingerprint density at radius 3 is 2.81 bits per heavy atom. The van der Waals surface area contributed by atoms with Crippen molar-refractivity contribution < 1.29 is 23.4 Å². The lowest BCUT2D eigenvalue weighted by molar-refractivity contribution is 0.0977. The molecule has 1 aromatic carbocycles.